The summed E-state index contributed by atoms with van der Waals surface area (Å²) >= 11 is 5.11. The minimum atomic E-state index is 0.105. The largest absolute Gasteiger partial charge is 0.376 e. The van der Waals surface area contributed by atoms with Gasteiger partial charge in [0.05, 0.1) is 6.10 Å². The van der Waals surface area contributed by atoms with Crippen molar-refractivity contribution in [3.05, 3.63) is 22.8 Å². The highest BCUT2D eigenvalue weighted by Gasteiger charge is 2.08. The van der Waals surface area contributed by atoms with Gasteiger partial charge in [-0.2, -0.15) is 0 Å². The Morgan fingerprint density at radius 2 is 2.47 bits per heavy atom. The van der Waals surface area contributed by atoms with Gasteiger partial charge in [-0.05, 0) is 35.0 Å². The molecule has 0 saturated heterocycles. The quantitative estimate of drug-likeness (QED) is 0.817. The van der Waals surface area contributed by atoms with Gasteiger partial charge >= 0.3 is 0 Å². The Labute approximate surface area is 103 Å². The smallest absolute Gasteiger partial charge is 0.110 e. The third-order valence-electron chi connectivity index (χ3n) is 1.80. The van der Waals surface area contributed by atoms with Crippen molar-refractivity contribution in [1.29, 1.82) is 0 Å². The van der Waals surface area contributed by atoms with Crippen LogP contribution in [0, 0.1) is 0 Å². The molecule has 1 heterocycles. The molecule has 1 aromatic rings. The summed E-state index contributed by atoms with van der Waals surface area (Å²) in [7, 11) is 0. The predicted molar refractivity (Wildman–Crippen MR) is 67.1 cm³/mol. The van der Waals surface area contributed by atoms with Gasteiger partial charge in [0, 0.05) is 29.6 Å². The molecule has 0 aliphatic carbocycles. The molecule has 0 spiro atoms. The lowest BCUT2D eigenvalue weighted by atomic mass is 10.4. The van der Waals surface area contributed by atoms with E-state index in [0.717, 1.165) is 15.3 Å². The molecule has 5 heteroatoms. The van der Waals surface area contributed by atoms with Crippen molar-refractivity contribution in [3.8, 4) is 0 Å². The van der Waals surface area contributed by atoms with Crippen LogP contribution in [0.3, 0.4) is 0 Å². The highest BCUT2D eigenvalue weighted by atomic mass is 79.9. The summed E-state index contributed by atoms with van der Waals surface area (Å²) in [5.41, 5.74) is 5.59. The highest BCUT2D eigenvalue weighted by Crippen LogP contribution is 2.25. The first-order valence-electron chi connectivity index (χ1n) is 4.83. The molecule has 0 aliphatic rings. The number of hydrogen-bond acceptors (Lipinski definition) is 4. The van der Waals surface area contributed by atoms with E-state index in [1.165, 1.54) is 0 Å². The van der Waals surface area contributed by atoms with Gasteiger partial charge in [-0.3, -0.25) is 0 Å². The Kier molecular flexibility index (Phi) is 6.24. The van der Waals surface area contributed by atoms with Gasteiger partial charge in [-0.1, -0.05) is 0 Å². The van der Waals surface area contributed by atoms with E-state index in [2.05, 4.69) is 20.9 Å². The summed E-state index contributed by atoms with van der Waals surface area (Å²) in [6.45, 7) is 3.22. The van der Waals surface area contributed by atoms with E-state index in [0.29, 0.717) is 13.2 Å². The lowest BCUT2D eigenvalue weighted by Crippen LogP contribution is -2.26. The third-order valence-corrected chi connectivity index (χ3v) is 3.84. The number of nitrogens with zero attached hydrogens (tertiary/aromatic N) is 1. The van der Waals surface area contributed by atoms with Crippen LogP contribution >= 0.6 is 27.7 Å². The Hall–Kier alpha value is -0.100. The van der Waals surface area contributed by atoms with Gasteiger partial charge in [0.25, 0.3) is 0 Å². The molecule has 0 saturated carbocycles. The van der Waals surface area contributed by atoms with E-state index in [4.69, 9.17) is 10.5 Å². The Morgan fingerprint density at radius 1 is 1.67 bits per heavy atom. The first-order chi connectivity index (χ1) is 7.27. The molecule has 0 aliphatic heterocycles. The maximum absolute atomic E-state index is 5.59. The zero-order chi connectivity index (χ0) is 11.1. The van der Waals surface area contributed by atoms with Crippen LogP contribution in [0.1, 0.15) is 6.92 Å². The molecule has 0 amide bonds. The van der Waals surface area contributed by atoms with Crippen LogP contribution in [-0.4, -0.2) is 30.0 Å². The molecule has 1 rings (SSSR count). The molecule has 2 N–H and O–H groups in total. The maximum atomic E-state index is 5.59. The molecule has 0 bridgehead atoms. The second-order valence-corrected chi connectivity index (χ2v) is 4.78. The Balaban J connectivity index is 2.45. The van der Waals surface area contributed by atoms with Crippen molar-refractivity contribution in [1.82, 2.24) is 4.98 Å². The summed E-state index contributed by atoms with van der Waals surface area (Å²) in [6, 6.07) is 3.88. The van der Waals surface area contributed by atoms with E-state index in [1.54, 1.807) is 18.0 Å². The lowest BCUT2D eigenvalue weighted by Gasteiger charge is -2.13. The van der Waals surface area contributed by atoms with Crippen molar-refractivity contribution in [2.45, 2.75) is 18.1 Å². The SMILES string of the molecule is CCOC(CN)CSc1ncccc1Br. The zero-order valence-corrected chi connectivity index (χ0v) is 11.1. The molecule has 1 unspecified atom stereocenters. The average molecular weight is 291 g/mol. The number of rotatable bonds is 6. The van der Waals surface area contributed by atoms with Crippen molar-refractivity contribution < 1.29 is 4.74 Å². The van der Waals surface area contributed by atoms with Crippen LogP contribution in [0.4, 0.5) is 0 Å². The van der Waals surface area contributed by atoms with E-state index in [9.17, 15) is 0 Å². The van der Waals surface area contributed by atoms with Gasteiger partial charge in [-0.25, -0.2) is 4.98 Å². The standard InChI is InChI=1S/C10H15BrN2OS/c1-2-14-8(6-12)7-15-10-9(11)4-3-5-13-10/h3-5,8H,2,6-7,12H2,1H3. The molecule has 15 heavy (non-hydrogen) atoms. The normalized spacial score (nSPS) is 12.7. The summed E-state index contributed by atoms with van der Waals surface area (Å²) in [5, 5.41) is 0.982. The van der Waals surface area contributed by atoms with Gasteiger partial charge in [0.15, 0.2) is 0 Å². The molecular weight excluding hydrogens is 276 g/mol. The molecular formula is C10H15BrN2OS. The van der Waals surface area contributed by atoms with Crippen LogP contribution in [-0.2, 0) is 4.74 Å². The number of hydrogen-bond donors (Lipinski definition) is 1. The first-order valence-corrected chi connectivity index (χ1v) is 6.60. The fraction of sp³-hybridized carbons (Fsp3) is 0.500. The average Bonchev–Trinajstić information content (AvgIpc) is 2.26. The van der Waals surface area contributed by atoms with Gasteiger partial charge in [0.2, 0.25) is 0 Å². The second kappa shape index (κ2) is 7.22. The van der Waals surface area contributed by atoms with Gasteiger partial charge < -0.3 is 10.5 Å². The minimum Gasteiger partial charge on any atom is -0.376 e. The number of aromatic nitrogens is 1. The predicted octanol–water partition coefficient (Wildman–Crippen LogP) is 2.30. The third kappa shape index (κ3) is 4.51. The fourth-order valence-electron chi connectivity index (χ4n) is 1.07. The topological polar surface area (TPSA) is 48.1 Å². The van der Waals surface area contributed by atoms with Crippen LogP contribution in [0.2, 0.25) is 0 Å². The van der Waals surface area contributed by atoms with Crippen molar-refractivity contribution >= 4 is 27.7 Å². The van der Waals surface area contributed by atoms with Crippen molar-refractivity contribution in [3.63, 3.8) is 0 Å². The minimum absolute atomic E-state index is 0.105. The van der Waals surface area contributed by atoms with Crippen LogP contribution in [0.15, 0.2) is 27.8 Å². The molecule has 1 atom stereocenters. The number of pyridine rings is 1. The first kappa shape index (κ1) is 13.0. The molecule has 0 radical (unpaired) electrons. The van der Waals surface area contributed by atoms with E-state index >= 15 is 0 Å². The van der Waals surface area contributed by atoms with Crippen LogP contribution in [0.25, 0.3) is 0 Å². The Morgan fingerprint density at radius 3 is 3.07 bits per heavy atom. The van der Waals surface area contributed by atoms with E-state index < -0.39 is 0 Å². The Bertz CT molecular complexity index is 299. The van der Waals surface area contributed by atoms with Gasteiger partial charge in [0.1, 0.15) is 5.03 Å². The van der Waals surface area contributed by atoms with Crippen LogP contribution in [0.5, 0.6) is 0 Å². The van der Waals surface area contributed by atoms with Crippen molar-refractivity contribution in [2.75, 3.05) is 18.9 Å². The van der Waals surface area contributed by atoms with Gasteiger partial charge in [-0.15, -0.1) is 11.8 Å². The van der Waals surface area contributed by atoms with E-state index in [-0.39, 0.29) is 6.10 Å². The summed E-state index contributed by atoms with van der Waals surface area (Å²) < 4.78 is 6.48. The molecule has 1 aromatic heterocycles. The lowest BCUT2D eigenvalue weighted by molar-refractivity contribution is 0.0858. The summed E-state index contributed by atoms with van der Waals surface area (Å²) in [6.07, 6.45) is 1.89. The van der Waals surface area contributed by atoms with E-state index in [1.807, 2.05) is 19.1 Å². The monoisotopic (exact) mass is 290 g/mol. The molecule has 0 fully saturated rings. The number of ether oxygens (including phenoxy) is 1. The summed E-state index contributed by atoms with van der Waals surface area (Å²) in [4.78, 5) is 4.26. The number of nitrogens with two attached hydrogens (primary N) is 1. The maximum Gasteiger partial charge on any atom is 0.110 e. The highest BCUT2D eigenvalue weighted by molar-refractivity contribution is 9.10. The zero-order valence-electron chi connectivity index (χ0n) is 8.65. The molecule has 84 valence electrons. The second-order valence-electron chi connectivity index (χ2n) is 2.91. The molecule has 0 aromatic carbocycles. The summed E-state index contributed by atoms with van der Waals surface area (Å²) in [5.74, 6) is 0.833. The number of halogens is 1. The number of thioether (sulfide) groups is 1. The van der Waals surface area contributed by atoms with Crippen LogP contribution < -0.4 is 5.73 Å². The van der Waals surface area contributed by atoms with Crippen molar-refractivity contribution in [2.24, 2.45) is 5.73 Å². The molecule has 3 nitrogen and oxygen atoms in total. The fourth-order valence-corrected chi connectivity index (χ4v) is 2.58.